The number of hydrogen-bond donors (Lipinski definition) is 1. The van der Waals surface area contributed by atoms with Gasteiger partial charge in [0.05, 0.1) is 0 Å². The van der Waals surface area contributed by atoms with E-state index in [0.29, 0.717) is 0 Å². The summed E-state index contributed by atoms with van der Waals surface area (Å²) in [6.45, 7) is 3.99. The average Bonchev–Trinajstić information content (AvgIpc) is 3.00. The molecule has 1 amide bonds. The van der Waals surface area contributed by atoms with Gasteiger partial charge in [-0.2, -0.15) is 0 Å². The van der Waals surface area contributed by atoms with Gasteiger partial charge in [0.2, 0.25) is 5.91 Å². The fourth-order valence-electron chi connectivity index (χ4n) is 2.23. The van der Waals surface area contributed by atoms with Gasteiger partial charge in [-0.15, -0.1) is 11.3 Å². The first kappa shape index (κ1) is 16.7. The lowest BCUT2D eigenvalue weighted by molar-refractivity contribution is -0.115. The van der Waals surface area contributed by atoms with Crippen LogP contribution in [0.3, 0.4) is 0 Å². The minimum atomic E-state index is -0.335. The third-order valence-electron chi connectivity index (χ3n) is 3.48. The molecule has 1 aromatic heterocycles. The van der Waals surface area contributed by atoms with Crippen molar-refractivity contribution in [1.29, 1.82) is 0 Å². The average molecular weight is 355 g/mol. The number of benzene rings is 2. The van der Waals surface area contributed by atoms with E-state index in [2.05, 4.69) is 10.3 Å². The number of carbonyl (C=O) groups excluding carboxylic acids is 1. The standard InChI is InChI=1S/C19H18N2OS2/c1-13-8-10-16(11-9-13)21-18(22)17(15-6-4-3-5-7-15)24-19-20-14(2)12-23-19/h3-12,17H,1-2H3,(H,21,22)/t17-/m0/s1. The van der Waals surface area contributed by atoms with Crippen LogP contribution in [0.25, 0.3) is 0 Å². The van der Waals surface area contributed by atoms with Crippen molar-refractivity contribution >= 4 is 34.7 Å². The summed E-state index contributed by atoms with van der Waals surface area (Å²) in [4.78, 5) is 17.3. The van der Waals surface area contributed by atoms with Crippen LogP contribution in [0.1, 0.15) is 22.1 Å². The maximum Gasteiger partial charge on any atom is 0.242 e. The molecule has 0 bridgehead atoms. The van der Waals surface area contributed by atoms with Gasteiger partial charge in [0.15, 0.2) is 4.34 Å². The van der Waals surface area contributed by atoms with Gasteiger partial charge in [0.1, 0.15) is 5.25 Å². The Balaban J connectivity index is 1.83. The Bertz CT molecular complexity index is 813. The van der Waals surface area contributed by atoms with Gasteiger partial charge in [-0.3, -0.25) is 4.79 Å². The first-order valence-corrected chi connectivity index (χ1v) is 9.39. The highest BCUT2D eigenvalue weighted by atomic mass is 32.2. The summed E-state index contributed by atoms with van der Waals surface area (Å²) in [6, 6.07) is 17.6. The highest BCUT2D eigenvalue weighted by Gasteiger charge is 2.23. The van der Waals surface area contributed by atoms with Gasteiger partial charge < -0.3 is 5.32 Å². The van der Waals surface area contributed by atoms with Crippen molar-refractivity contribution in [3.05, 3.63) is 76.8 Å². The fourth-order valence-corrected chi connectivity index (χ4v) is 4.27. The first-order chi connectivity index (χ1) is 11.6. The third-order valence-corrected chi connectivity index (χ3v) is 5.82. The van der Waals surface area contributed by atoms with Gasteiger partial charge in [0, 0.05) is 16.8 Å². The van der Waals surface area contributed by atoms with Gasteiger partial charge >= 0.3 is 0 Å². The SMILES string of the molecule is Cc1ccc(NC(=O)[C@@H](Sc2nc(C)cs2)c2ccccc2)cc1. The van der Waals surface area contributed by atoms with E-state index in [0.717, 1.165) is 21.3 Å². The summed E-state index contributed by atoms with van der Waals surface area (Å²) in [5.41, 5.74) is 3.93. The summed E-state index contributed by atoms with van der Waals surface area (Å²) < 4.78 is 0.903. The number of anilines is 1. The number of hydrogen-bond acceptors (Lipinski definition) is 4. The number of amides is 1. The fraction of sp³-hybridized carbons (Fsp3) is 0.158. The maximum atomic E-state index is 12.9. The summed E-state index contributed by atoms with van der Waals surface area (Å²) >= 11 is 3.06. The summed E-state index contributed by atoms with van der Waals surface area (Å²) in [6.07, 6.45) is 0. The molecule has 122 valence electrons. The number of thiazole rings is 1. The molecule has 0 saturated heterocycles. The molecule has 24 heavy (non-hydrogen) atoms. The second-order valence-electron chi connectivity index (χ2n) is 5.52. The first-order valence-electron chi connectivity index (χ1n) is 7.63. The molecule has 0 radical (unpaired) electrons. The predicted octanol–water partition coefficient (Wildman–Crippen LogP) is 5.23. The Morgan fingerprint density at radius 3 is 2.42 bits per heavy atom. The lowest BCUT2D eigenvalue weighted by Gasteiger charge is -2.16. The van der Waals surface area contributed by atoms with Crippen LogP contribution in [0.15, 0.2) is 64.3 Å². The molecule has 0 aliphatic rings. The van der Waals surface area contributed by atoms with E-state index < -0.39 is 0 Å². The van der Waals surface area contributed by atoms with Gasteiger partial charge in [0.25, 0.3) is 0 Å². The zero-order valence-electron chi connectivity index (χ0n) is 13.5. The Hall–Kier alpha value is -2.11. The van der Waals surface area contributed by atoms with Crippen molar-refractivity contribution in [2.75, 3.05) is 5.32 Å². The van der Waals surface area contributed by atoms with Crippen LogP contribution in [-0.2, 0) is 4.79 Å². The van der Waals surface area contributed by atoms with Crippen LogP contribution in [0.4, 0.5) is 5.69 Å². The minimum absolute atomic E-state index is 0.0390. The van der Waals surface area contributed by atoms with E-state index in [1.165, 1.54) is 17.3 Å². The number of nitrogens with one attached hydrogen (secondary N) is 1. The highest BCUT2D eigenvalue weighted by Crippen LogP contribution is 2.37. The smallest absolute Gasteiger partial charge is 0.242 e. The van der Waals surface area contributed by atoms with Crippen LogP contribution in [0, 0.1) is 13.8 Å². The molecule has 0 aliphatic carbocycles. The van der Waals surface area contributed by atoms with Crippen molar-refractivity contribution < 1.29 is 4.79 Å². The normalized spacial score (nSPS) is 11.9. The van der Waals surface area contributed by atoms with Gasteiger partial charge in [-0.25, -0.2) is 4.98 Å². The molecule has 0 fully saturated rings. The zero-order chi connectivity index (χ0) is 16.9. The van der Waals surface area contributed by atoms with E-state index in [-0.39, 0.29) is 11.2 Å². The second kappa shape index (κ2) is 7.64. The van der Waals surface area contributed by atoms with E-state index >= 15 is 0 Å². The van der Waals surface area contributed by atoms with Gasteiger partial charge in [-0.05, 0) is 31.5 Å². The van der Waals surface area contributed by atoms with Crippen molar-refractivity contribution in [2.24, 2.45) is 0 Å². The topological polar surface area (TPSA) is 42.0 Å². The maximum absolute atomic E-state index is 12.9. The summed E-state index contributed by atoms with van der Waals surface area (Å²) in [7, 11) is 0. The second-order valence-corrected chi connectivity index (χ2v) is 7.73. The number of thioether (sulfide) groups is 1. The van der Waals surface area contributed by atoms with Crippen molar-refractivity contribution in [2.45, 2.75) is 23.4 Å². The predicted molar refractivity (Wildman–Crippen MR) is 102 cm³/mol. The molecule has 3 aromatic rings. The van der Waals surface area contributed by atoms with E-state index in [9.17, 15) is 4.79 Å². The van der Waals surface area contributed by atoms with E-state index in [1.807, 2.05) is 73.8 Å². The molecule has 1 atom stereocenters. The summed E-state index contributed by atoms with van der Waals surface area (Å²) in [5.74, 6) is -0.0390. The third kappa shape index (κ3) is 4.24. The largest absolute Gasteiger partial charge is 0.325 e. The van der Waals surface area contributed by atoms with Crippen LogP contribution in [0.5, 0.6) is 0 Å². The van der Waals surface area contributed by atoms with Crippen molar-refractivity contribution in [3.8, 4) is 0 Å². The zero-order valence-corrected chi connectivity index (χ0v) is 15.2. The summed E-state index contributed by atoms with van der Waals surface area (Å²) in [5, 5.41) is 4.68. The molecule has 1 heterocycles. The Morgan fingerprint density at radius 2 is 1.79 bits per heavy atom. The molecule has 1 N–H and O–H groups in total. The molecule has 0 aliphatic heterocycles. The Kier molecular flexibility index (Phi) is 5.33. The number of nitrogens with zero attached hydrogens (tertiary/aromatic N) is 1. The number of aromatic nitrogens is 1. The minimum Gasteiger partial charge on any atom is -0.325 e. The quantitative estimate of drug-likeness (QED) is 0.638. The van der Waals surface area contributed by atoms with Crippen LogP contribution >= 0.6 is 23.1 Å². The molecular formula is C19H18N2OS2. The lowest BCUT2D eigenvalue weighted by atomic mass is 10.1. The number of carbonyl (C=O) groups is 1. The number of aryl methyl sites for hydroxylation is 2. The molecule has 0 unspecified atom stereocenters. The molecule has 2 aromatic carbocycles. The van der Waals surface area contributed by atoms with Crippen LogP contribution in [0.2, 0.25) is 0 Å². The Morgan fingerprint density at radius 1 is 1.08 bits per heavy atom. The number of rotatable bonds is 5. The monoisotopic (exact) mass is 354 g/mol. The van der Waals surface area contributed by atoms with Crippen LogP contribution < -0.4 is 5.32 Å². The molecule has 5 heteroatoms. The molecular weight excluding hydrogens is 336 g/mol. The van der Waals surface area contributed by atoms with Crippen molar-refractivity contribution in [3.63, 3.8) is 0 Å². The molecule has 3 rings (SSSR count). The molecule has 0 saturated carbocycles. The molecule has 3 nitrogen and oxygen atoms in total. The van der Waals surface area contributed by atoms with Gasteiger partial charge in [-0.1, -0.05) is 59.8 Å². The van der Waals surface area contributed by atoms with Crippen LogP contribution in [-0.4, -0.2) is 10.9 Å². The van der Waals surface area contributed by atoms with E-state index in [4.69, 9.17) is 0 Å². The lowest BCUT2D eigenvalue weighted by Crippen LogP contribution is -2.19. The van der Waals surface area contributed by atoms with Crippen molar-refractivity contribution in [1.82, 2.24) is 4.98 Å². The highest BCUT2D eigenvalue weighted by molar-refractivity contribution is 8.01. The van der Waals surface area contributed by atoms with E-state index in [1.54, 1.807) is 11.3 Å². The molecule has 0 spiro atoms. The Labute approximate surface area is 150 Å².